The number of amides is 1. The van der Waals surface area contributed by atoms with Crippen LogP contribution < -0.4 is 5.32 Å². The smallest absolute Gasteiger partial charge is 0.266 e. The molecule has 3 nitrogen and oxygen atoms in total. The van der Waals surface area contributed by atoms with Gasteiger partial charge in [-0.3, -0.25) is 4.79 Å². The number of aryl methyl sites for hydroxylation is 4. The molecule has 0 fully saturated rings. The van der Waals surface area contributed by atoms with Gasteiger partial charge in [-0.2, -0.15) is 5.26 Å². The van der Waals surface area contributed by atoms with Crippen molar-refractivity contribution in [1.82, 2.24) is 0 Å². The first-order valence-corrected chi connectivity index (χ1v) is 7.49. The number of carbonyl (C=O) groups excluding carboxylic acids is 1. The molecule has 23 heavy (non-hydrogen) atoms. The van der Waals surface area contributed by atoms with Crippen LogP contribution in [0.2, 0.25) is 0 Å². The third kappa shape index (κ3) is 3.87. The van der Waals surface area contributed by atoms with Crippen molar-refractivity contribution >= 4 is 17.7 Å². The van der Waals surface area contributed by atoms with E-state index in [2.05, 4.69) is 5.32 Å². The standard InChI is InChI=1S/C20H20N2O/c1-13-8-9-17(16(4)10-13)11-18(12-21)20(23)22-19-14(2)6-5-7-15(19)3/h5-11H,1-4H3,(H,22,23)/b18-11+. The third-order valence-corrected chi connectivity index (χ3v) is 3.81. The number of rotatable bonds is 3. The van der Waals surface area contributed by atoms with Crippen LogP contribution in [0.5, 0.6) is 0 Å². The normalized spacial score (nSPS) is 11.0. The van der Waals surface area contributed by atoms with Gasteiger partial charge in [0.25, 0.3) is 5.91 Å². The number of hydrogen-bond acceptors (Lipinski definition) is 2. The summed E-state index contributed by atoms with van der Waals surface area (Å²) in [5.74, 6) is -0.384. The van der Waals surface area contributed by atoms with E-state index in [0.29, 0.717) is 0 Å². The maximum Gasteiger partial charge on any atom is 0.266 e. The van der Waals surface area contributed by atoms with Gasteiger partial charge in [-0.25, -0.2) is 0 Å². The van der Waals surface area contributed by atoms with Crippen LogP contribution in [-0.2, 0) is 4.79 Å². The van der Waals surface area contributed by atoms with Crippen LogP contribution in [0.3, 0.4) is 0 Å². The molecule has 0 unspecified atom stereocenters. The summed E-state index contributed by atoms with van der Waals surface area (Å²) in [6.45, 7) is 7.85. The topological polar surface area (TPSA) is 52.9 Å². The summed E-state index contributed by atoms with van der Waals surface area (Å²) in [6, 6.07) is 13.7. The summed E-state index contributed by atoms with van der Waals surface area (Å²) in [6.07, 6.45) is 1.64. The molecule has 0 spiro atoms. The second-order valence-corrected chi connectivity index (χ2v) is 5.75. The number of anilines is 1. The molecular weight excluding hydrogens is 284 g/mol. The summed E-state index contributed by atoms with van der Waals surface area (Å²) >= 11 is 0. The summed E-state index contributed by atoms with van der Waals surface area (Å²) in [7, 11) is 0. The van der Waals surface area contributed by atoms with Crippen LogP contribution in [0.4, 0.5) is 5.69 Å². The highest BCUT2D eigenvalue weighted by atomic mass is 16.1. The van der Waals surface area contributed by atoms with Crippen LogP contribution in [0.15, 0.2) is 42.0 Å². The largest absolute Gasteiger partial charge is 0.321 e. The van der Waals surface area contributed by atoms with Crippen molar-refractivity contribution in [2.24, 2.45) is 0 Å². The van der Waals surface area contributed by atoms with Crippen molar-refractivity contribution in [3.05, 3.63) is 69.8 Å². The van der Waals surface area contributed by atoms with Gasteiger partial charge in [0.15, 0.2) is 0 Å². The van der Waals surface area contributed by atoms with Gasteiger partial charge < -0.3 is 5.32 Å². The van der Waals surface area contributed by atoms with Crippen molar-refractivity contribution in [3.8, 4) is 6.07 Å². The molecule has 0 saturated heterocycles. The monoisotopic (exact) mass is 304 g/mol. The first-order chi connectivity index (χ1) is 10.9. The lowest BCUT2D eigenvalue weighted by Gasteiger charge is -2.11. The highest BCUT2D eigenvalue weighted by molar-refractivity contribution is 6.10. The molecule has 0 atom stereocenters. The fourth-order valence-electron chi connectivity index (χ4n) is 2.48. The first-order valence-electron chi connectivity index (χ1n) is 7.49. The Morgan fingerprint density at radius 2 is 1.70 bits per heavy atom. The van der Waals surface area contributed by atoms with Gasteiger partial charge in [0.1, 0.15) is 11.6 Å². The molecule has 0 radical (unpaired) electrons. The predicted molar refractivity (Wildman–Crippen MR) is 94.1 cm³/mol. The fraction of sp³-hybridized carbons (Fsp3) is 0.200. The van der Waals surface area contributed by atoms with Gasteiger partial charge in [0.2, 0.25) is 0 Å². The number of benzene rings is 2. The van der Waals surface area contributed by atoms with Gasteiger partial charge in [-0.05, 0) is 56.0 Å². The van der Waals surface area contributed by atoms with E-state index in [9.17, 15) is 10.1 Å². The Bertz CT molecular complexity index is 806. The van der Waals surface area contributed by atoms with Gasteiger partial charge in [0, 0.05) is 5.69 Å². The minimum Gasteiger partial charge on any atom is -0.321 e. The lowest BCUT2D eigenvalue weighted by molar-refractivity contribution is -0.112. The minimum absolute atomic E-state index is 0.0969. The number of nitrogens with zero attached hydrogens (tertiary/aromatic N) is 1. The van der Waals surface area contributed by atoms with Crippen LogP contribution in [0, 0.1) is 39.0 Å². The van der Waals surface area contributed by atoms with Crippen LogP contribution >= 0.6 is 0 Å². The van der Waals surface area contributed by atoms with E-state index in [4.69, 9.17) is 0 Å². The molecule has 2 rings (SSSR count). The number of para-hydroxylation sites is 1. The minimum atomic E-state index is -0.384. The Labute approximate surface area is 137 Å². The van der Waals surface area contributed by atoms with E-state index in [1.54, 1.807) is 6.08 Å². The Kier molecular flexibility index (Phi) is 4.98. The van der Waals surface area contributed by atoms with Gasteiger partial charge >= 0.3 is 0 Å². The molecule has 3 heteroatoms. The quantitative estimate of drug-likeness (QED) is 0.672. The molecule has 1 amide bonds. The number of carbonyl (C=O) groups is 1. The molecule has 2 aromatic rings. The average Bonchev–Trinajstić information content (AvgIpc) is 2.50. The molecule has 0 aliphatic heterocycles. The van der Waals surface area contributed by atoms with E-state index < -0.39 is 0 Å². The predicted octanol–water partition coefficient (Wildman–Crippen LogP) is 4.47. The zero-order valence-corrected chi connectivity index (χ0v) is 13.9. The van der Waals surface area contributed by atoms with E-state index in [1.807, 2.05) is 70.2 Å². The van der Waals surface area contributed by atoms with Crippen molar-refractivity contribution in [1.29, 1.82) is 5.26 Å². The molecule has 0 bridgehead atoms. The molecule has 0 heterocycles. The summed E-state index contributed by atoms with van der Waals surface area (Å²) in [4.78, 5) is 12.4. The van der Waals surface area contributed by atoms with Crippen LogP contribution in [0.25, 0.3) is 6.08 Å². The SMILES string of the molecule is Cc1ccc(/C=C(\C#N)C(=O)Nc2c(C)cccc2C)c(C)c1. The number of nitrogens with one attached hydrogen (secondary N) is 1. The molecule has 2 aromatic carbocycles. The Hall–Kier alpha value is -2.86. The van der Waals surface area contributed by atoms with Crippen molar-refractivity contribution in [3.63, 3.8) is 0 Å². The van der Waals surface area contributed by atoms with Gasteiger partial charge in [-0.15, -0.1) is 0 Å². The lowest BCUT2D eigenvalue weighted by atomic mass is 10.0. The van der Waals surface area contributed by atoms with Crippen molar-refractivity contribution < 1.29 is 4.79 Å². The maximum atomic E-state index is 12.4. The Morgan fingerprint density at radius 1 is 1.04 bits per heavy atom. The average molecular weight is 304 g/mol. The molecule has 116 valence electrons. The summed E-state index contributed by atoms with van der Waals surface area (Å²) in [5.41, 5.74) is 5.88. The maximum absolute atomic E-state index is 12.4. The lowest BCUT2D eigenvalue weighted by Crippen LogP contribution is -2.15. The van der Waals surface area contributed by atoms with E-state index in [1.165, 1.54) is 0 Å². The van der Waals surface area contributed by atoms with Gasteiger partial charge in [-0.1, -0.05) is 42.0 Å². The second-order valence-electron chi connectivity index (χ2n) is 5.75. The molecule has 0 saturated carbocycles. The Morgan fingerprint density at radius 3 is 2.26 bits per heavy atom. The summed E-state index contributed by atoms with van der Waals surface area (Å²) < 4.78 is 0. The fourth-order valence-corrected chi connectivity index (χ4v) is 2.48. The third-order valence-electron chi connectivity index (χ3n) is 3.81. The molecular formula is C20H20N2O. The first kappa shape index (κ1) is 16.5. The van der Waals surface area contributed by atoms with Crippen molar-refractivity contribution in [2.75, 3.05) is 5.32 Å². The van der Waals surface area contributed by atoms with Crippen LogP contribution in [-0.4, -0.2) is 5.91 Å². The number of nitriles is 1. The van der Waals surface area contributed by atoms with E-state index in [-0.39, 0.29) is 11.5 Å². The molecule has 0 aliphatic carbocycles. The van der Waals surface area contributed by atoms with E-state index in [0.717, 1.165) is 33.5 Å². The number of hydrogen-bond donors (Lipinski definition) is 1. The zero-order chi connectivity index (χ0) is 17.0. The van der Waals surface area contributed by atoms with Gasteiger partial charge in [0.05, 0.1) is 0 Å². The highest BCUT2D eigenvalue weighted by Gasteiger charge is 2.12. The molecule has 0 aliphatic rings. The zero-order valence-electron chi connectivity index (χ0n) is 13.9. The van der Waals surface area contributed by atoms with Crippen LogP contribution in [0.1, 0.15) is 27.8 Å². The highest BCUT2D eigenvalue weighted by Crippen LogP contribution is 2.21. The second kappa shape index (κ2) is 6.93. The Balaban J connectivity index is 2.32. The molecule has 1 N–H and O–H groups in total. The van der Waals surface area contributed by atoms with Crippen molar-refractivity contribution in [2.45, 2.75) is 27.7 Å². The summed E-state index contributed by atoms with van der Waals surface area (Å²) in [5, 5.41) is 12.2. The van der Waals surface area contributed by atoms with E-state index >= 15 is 0 Å². The molecule has 0 aromatic heterocycles.